The number of aromatic amines is 1. The molecule has 0 saturated carbocycles. The Hall–Kier alpha value is -1.81. The van der Waals surface area contributed by atoms with Crippen LogP contribution in [0.15, 0.2) is 30.3 Å². The van der Waals surface area contributed by atoms with Crippen LogP contribution >= 0.6 is 11.6 Å². The van der Waals surface area contributed by atoms with Gasteiger partial charge in [-0.25, -0.2) is 0 Å². The van der Waals surface area contributed by atoms with Crippen LogP contribution in [0.5, 0.6) is 0 Å². The summed E-state index contributed by atoms with van der Waals surface area (Å²) in [5.74, 6) is -0.159. The van der Waals surface area contributed by atoms with Gasteiger partial charge in [0.1, 0.15) is 5.69 Å². The van der Waals surface area contributed by atoms with Crippen molar-refractivity contribution in [3.05, 3.63) is 52.3 Å². The van der Waals surface area contributed by atoms with Gasteiger partial charge in [0, 0.05) is 17.3 Å². The maximum Gasteiger partial charge on any atom is 0.271 e. The number of carbonyl (C=O) groups is 1. The zero-order chi connectivity index (χ0) is 13.0. The Bertz CT molecular complexity index is 533. The second kappa shape index (κ2) is 5.69. The predicted molar refractivity (Wildman–Crippen MR) is 70.8 cm³/mol. The van der Waals surface area contributed by atoms with E-state index < -0.39 is 0 Å². The zero-order valence-corrected chi connectivity index (χ0v) is 10.8. The number of H-pyrrole nitrogens is 1. The largest absolute Gasteiger partial charge is 0.350 e. The van der Waals surface area contributed by atoms with Gasteiger partial charge in [-0.15, -0.1) is 0 Å². The molecule has 2 N–H and O–H groups in total. The van der Waals surface area contributed by atoms with Gasteiger partial charge in [0.25, 0.3) is 5.91 Å². The summed E-state index contributed by atoms with van der Waals surface area (Å²) in [6.07, 6.45) is 0.770. The summed E-state index contributed by atoms with van der Waals surface area (Å²) in [7, 11) is 0. The van der Waals surface area contributed by atoms with Crippen molar-refractivity contribution in [1.29, 1.82) is 0 Å². The van der Waals surface area contributed by atoms with Crippen molar-refractivity contribution in [3.8, 4) is 0 Å². The van der Waals surface area contributed by atoms with Gasteiger partial charge >= 0.3 is 0 Å². The fourth-order valence-electron chi connectivity index (χ4n) is 1.60. The van der Waals surface area contributed by atoms with E-state index in [1.165, 1.54) is 0 Å². The molecule has 0 unspecified atom stereocenters. The quantitative estimate of drug-likeness (QED) is 0.890. The Morgan fingerprint density at radius 2 is 2.11 bits per heavy atom. The van der Waals surface area contributed by atoms with E-state index in [-0.39, 0.29) is 5.91 Å². The van der Waals surface area contributed by atoms with E-state index in [2.05, 4.69) is 15.5 Å². The van der Waals surface area contributed by atoms with Crippen molar-refractivity contribution in [2.24, 2.45) is 0 Å². The molecule has 0 radical (unpaired) electrons. The maximum atomic E-state index is 11.7. The SMILES string of the molecule is Cc1cc(C(=O)NCCc2ccc(Cl)cc2)n[nH]1. The van der Waals surface area contributed by atoms with Crippen LogP contribution in [0.3, 0.4) is 0 Å². The molecule has 1 heterocycles. The van der Waals surface area contributed by atoms with Crippen LogP contribution in [-0.4, -0.2) is 22.6 Å². The number of benzene rings is 1. The number of nitrogens with zero attached hydrogens (tertiary/aromatic N) is 1. The molecule has 0 aliphatic carbocycles. The number of hydrogen-bond acceptors (Lipinski definition) is 2. The maximum absolute atomic E-state index is 11.7. The molecule has 0 spiro atoms. The van der Waals surface area contributed by atoms with Crippen molar-refractivity contribution >= 4 is 17.5 Å². The highest BCUT2D eigenvalue weighted by Crippen LogP contribution is 2.09. The molecule has 0 saturated heterocycles. The molecule has 4 nitrogen and oxygen atoms in total. The highest BCUT2D eigenvalue weighted by Gasteiger charge is 2.07. The van der Waals surface area contributed by atoms with Crippen molar-refractivity contribution in [2.75, 3.05) is 6.54 Å². The Morgan fingerprint density at radius 1 is 1.39 bits per heavy atom. The molecule has 18 heavy (non-hydrogen) atoms. The Labute approximate surface area is 110 Å². The molecule has 0 fully saturated rings. The van der Waals surface area contributed by atoms with Crippen LogP contribution in [0.2, 0.25) is 5.02 Å². The van der Waals surface area contributed by atoms with E-state index in [0.29, 0.717) is 12.2 Å². The molecular weight excluding hydrogens is 250 g/mol. The number of nitrogens with one attached hydrogen (secondary N) is 2. The molecule has 0 bridgehead atoms. The van der Waals surface area contributed by atoms with E-state index in [9.17, 15) is 4.79 Å². The lowest BCUT2D eigenvalue weighted by Crippen LogP contribution is -2.26. The highest BCUT2D eigenvalue weighted by molar-refractivity contribution is 6.30. The highest BCUT2D eigenvalue weighted by atomic mass is 35.5. The van der Waals surface area contributed by atoms with E-state index in [1.54, 1.807) is 6.07 Å². The number of hydrogen-bond donors (Lipinski definition) is 2. The van der Waals surface area contributed by atoms with Gasteiger partial charge in [-0.2, -0.15) is 5.10 Å². The summed E-state index contributed by atoms with van der Waals surface area (Å²) in [6, 6.07) is 9.31. The first kappa shape index (κ1) is 12.6. The smallest absolute Gasteiger partial charge is 0.271 e. The number of aromatic nitrogens is 2. The van der Waals surface area contributed by atoms with Crippen LogP contribution in [0.1, 0.15) is 21.7 Å². The van der Waals surface area contributed by atoms with Crippen molar-refractivity contribution in [3.63, 3.8) is 0 Å². The molecule has 1 aromatic carbocycles. The summed E-state index contributed by atoms with van der Waals surface area (Å²) in [5, 5.41) is 10.2. The molecular formula is C13H14ClN3O. The summed E-state index contributed by atoms with van der Waals surface area (Å²) in [4.78, 5) is 11.7. The average Bonchev–Trinajstić information content (AvgIpc) is 2.78. The van der Waals surface area contributed by atoms with Crippen molar-refractivity contribution in [1.82, 2.24) is 15.5 Å². The number of halogens is 1. The lowest BCUT2D eigenvalue weighted by Gasteiger charge is -2.03. The van der Waals surface area contributed by atoms with E-state index in [0.717, 1.165) is 22.7 Å². The molecule has 2 rings (SSSR count). The molecule has 0 atom stereocenters. The van der Waals surface area contributed by atoms with Gasteiger partial charge in [-0.3, -0.25) is 9.89 Å². The first-order valence-corrected chi connectivity index (χ1v) is 6.07. The lowest BCUT2D eigenvalue weighted by atomic mass is 10.1. The minimum absolute atomic E-state index is 0.159. The van der Waals surface area contributed by atoms with Gasteiger partial charge in [0.15, 0.2) is 0 Å². The number of amides is 1. The van der Waals surface area contributed by atoms with Gasteiger partial charge in [0.05, 0.1) is 0 Å². The Kier molecular flexibility index (Phi) is 3.99. The summed E-state index contributed by atoms with van der Waals surface area (Å²) in [5.41, 5.74) is 2.43. The molecule has 5 heteroatoms. The summed E-state index contributed by atoms with van der Waals surface area (Å²) < 4.78 is 0. The monoisotopic (exact) mass is 263 g/mol. The average molecular weight is 264 g/mol. The fraction of sp³-hybridized carbons (Fsp3) is 0.231. The van der Waals surface area contributed by atoms with Crippen molar-refractivity contribution < 1.29 is 4.79 Å². The first-order chi connectivity index (χ1) is 8.65. The third-order valence-electron chi connectivity index (χ3n) is 2.55. The van der Waals surface area contributed by atoms with E-state index in [4.69, 9.17) is 11.6 Å². The third-order valence-corrected chi connectivity index (χ3v) is 2.80. The van der Waals surface area contributed by atoms with Gasteiger partial charge in [-0.05, 0) is 37.1 Å². The second-order valence-corrected chi connectivity index (χ2v) is 4.51. The summed E-state index contributed by atoms with van der Waals surface area (Å²) in [6.45, 7) is 2.43. The standard InChI is InChI=1S/C13H14ClN3O/c1-9-8-12(17-16-9)13(18)15-7-6-10-2-4-11(14)5-3-10/h2-5,8H,6-7H2,1H3,(H,15,18)(H,16,17). The lowest BCUT2D eigenvalue weighted by molar-refractivity contribution is 0.0949. The van der Waals surface area contributed by atoms with Gasteiger partial charge < -0.3 is 5.32 Å². The van der Waals surface area contributed by atoms with Gasteiger partial charge in [-0.1, -0.05) is 23.7 Å². The van der Waals surface area contributed by atoms with Crippen LogP contribution in [0.25, 0.3) is 0 Å². The predicted octanol–water partition coefficient (Wildman–Crippen LogP) is 2.34. The van der Waals surface area contributed by atoms with Crippen LogP contribution in [-0.2, 0) is 6.42 Å². The normalized spacial score (nSPS) is 10.3. The van der Waals surface area contributed by atoms with Crippen LogP contribution in [0.4, 0.5) is 0 Å². The molecule has 1 amide bonds. The minimum Gasteiger partial charge on any atom is -0.350 e. The molecule has 0 aliphatic heterocycles. The Balaban J connectivity index is 1.82. The Morgan fingerprint density at radius 3 is 2.72 bits per heavy atom. The van der Waals surface area contributed by atoms with Crippen LogP contribution in [0, 0.1) is 6.92 Å². The first-order valence-electron chi connectivity index (χ1n) is 5.70. The van der Waals surface area contributed by atoms with Gasteiger partial charge in [0.2, 0.25) is 0 Å². The zero-order valence-electron chi connectivity index (χ0n) is 10.0. The number of aryl methyl sites for hydroxylation is 1. The van der Waals surface area contributed by atoms with E-state index >= 15 is 0 Å². The fourth-order valence-corrected chi connectivity index (χ4v) is 1.72. The second-order valence-electron chi connectivity index (χ2n) is 4.07. The molecule has 94 valence electrons. The van der Waals surface area contributed by atoms with Crippen molar-refractivity contribution in [2.45, 2.75) is 13.3 Å². The number of rotatable bonds is 4. The molecule has 1 aromatic heterocycles. The molecule has 2 aromatic rings. The van der Waals surface area contributed by atoms with Crippen LogP contribution < -0.4 is 5.32 Å². The third kappa shape index (κ3) is 3.34. The molecule has 0 aliphatic rings. The minimum atomic E-state index is -0.159. The number of carbonyl (C=O) groups excluding carboxylic acids is 1. The summed E-state index contributed by atoms with van der Waals surface area (Å²) >= 11 is 5.80. The topological polar surface area (TPSA) is 57.8 Å². The van der Waals surface area contributed by atoms with E-state index in [1.807, 2.05) is 31.2 Å².